The molecule has 1 atom stereocenters. The maximum atomic E-state index is 5.68. The number of anilines is 1. The van der Waals surface area contributed by atoms with Crippen molar-refractivity contribution >= 4 is 5.69 Å². The molecule has 0 aromatic heterocycles. The lowest BCUT2D eigenvalue weighted by atomic mass is 10.1. The smallest absolute Gasteiger partial charge is 0.0670 e. The summed E-state index contributed by atoms with van der Waals surface area (Å²) in [5.74, 6) is 0. The summed E-state index contributed by atoms with van der Waals surface area (Å²) in [6, 6.07) is 9.13. The van der Waals surface area contributed by atoms with E-state index in [-0.39, 0.29) is 0 Å². The SMILES string of the molecule is Cc1ccc(N(CCN)C2CCOC2)cc1. The molecule has 0 radical (unpaired) electrons. The summed E-state index contributed by atoms with van der Waals surface area (Å²) < 4.78 is 5.45. The van der Waals surface area contributed by atoms with E-state index in [2.05, 4.69) is 36.1 Å². The van der Waals surface area contributed by atoms with Crippen molar-refractivity contribution in [2.24, 2.45) is 5.73 Å². The van der Waals surface area contributed by atoms with Crippen molar-refractivity contribution in [3.8, 4) is 0 Å². The van der Waals surface area contributed by atoms with Gasteiger partial charge in [0.1, 0.15) is 0 Å². The molecular formula is C13H20N2O. The molecule has 0 spiro atoms. The lowest BCUT2D eigenvalue weighted by molar-refractivity contribution is 0.193. The van der Waals surface area contributed by atoms with Crippen LogP contribution in [0.4, 0.5) is 5.69 Å². The van der Waals surface area contributed by atoms with E-state index in [1.165, 1.54) is 11.3 Å². The minimum absolute atomic E-state index is 0.492. The normalized spacial score (nSPS) is 20.0. The number of nitrogens with two attached hydrogens (primary N) is 1. The van der Waals surface area contributed by atoms with Gasteiger partial charge >= 0.3 is 0 Å². The molecule has 88 valence electrons. The van der Waals surface area contributed by atoms with Gasteiger partial charge in [0.2, 0.25) is 0 Å². The van der Waals surface area contributed by atoms with E-state index < -0.39 is 0 Å². The first-order valence-corrected chi connectivity index (χ1v) is 5.92. The Morgan fingerprint density at radius 3 is 2.69 bits per heavy atom. The Bertz CT molecular complexity index is 317. The maximum absolute atomic E-state index is 5.68. The second kappa shape index (κ2) is 5.32. The molecule has 0 saturated carbocycles. The summed E-state index contributed by atoms with van der Waals surface area (Å²) in [5, 5.41) is 0. The van der Waals surface area contributed by atoms with Crippen LogP contribution >= 0.6 is 0 Å². The van der Waals surface area contributed by atoms with Crippen molar-refractivity contribution in [2.45, 2.75) is 19.4 Å². The topological polar surface area (TPSA) is 38.5 Å². The van der Waals surface area contributed by atoms with Gasteiger partial charge in [0.05, 0.1) is 12.6 Å². The highest BCUT2D eigenvalue weighted by molar-refractivity contribution is 5.48. The quantitative estimate of drug-likeness (QED) is 0.836. The molecule has 1 aromatic rings. The van der Waals surface area contributed by atoms with Crippen molar-refractivity contribution in [2.75, 3.05) is 31.2 Å². The van der Waals surface area contributed by atoms with Crippen molar-refractivity contribution < 1.29 is 4.74 Å². The highest BCUT2D eigenvalue weighted by Crippen LogP contribution is 2.21. The molecule has 1 aliphatic rings. The van der Waals surface area contributed by atoms with E-state index in [0.717, 1.165) is 26.2 Å². The molecule has 1 unspecified atom stereocenters. The van der Waals surface area contributed by atoms with Gasteiger partial charge < -0.3 is 15.4 Å². The van der Waals surface area contributed by atoms with Gasteiger partial charge in [-0.25, -0.2) is 0 Å². The standard InChI is InChI=1S/C13H20N2O/c1-11-2-4-12(5-3-11)15(8-7-14)13-6-9-16-10-13/h2-5,13H,6-10,14H2,1H3. The van der Waals surface area contributed by atoms with Gasteiger partial charge in [-0.2, -0.15) is 0 Å². The van der Waals surface area contributed by atoms with Crippen molar-refractivity contribution in [3.63, 3.8) is 0 Å². The van der Waals surface area contributed by atoms with Crippen LogP contribution in [0.1, 0.15) is 12.0 Å². The summed E-state index contributed by atoms with van der Waals surface area (Å²) in [6.07, 6.45) is 1.11. The van der Waals surface area contributed by atoms with Crippen LogP contribution in [0.15, 0.2) is 24.3 Å². The Balaban J connectivity index is 2.14. The zero-order valence-electron chi connectivity index (χ0n) is 9.86. The fraction of sp³-hybridized carbons (Fsp3) is 0.538. The molecule has 2 rings (SSSR count). The minimum Gasteiger partial charge on any atom is -0.379 e. The highest BCUT2D eigenvalue weighted by Gasteiger charge is 2.22. The van der Waals surface area contributed by atoms with E-state index >= 15 is 0 Å². The average molecular weight is 220 g/mol. The van der Waals surface area contributed by atoms with Gasteiger partial charge in [-0.15, -0.1) is 0 Å². The van der Waals surface area contributed by atoms with Crippen molar-refractivity contribution in [1.82, 2.24) is 0 Å². The molecule has 0 bridgehead atoms. The molecule has 16 heavy (non-hydrogen) atoms. The predicted molar refractivity (Wildman–Crippen MR) is 66.8 cm³/mol. The Morgan fingerprint density at radius 2 is 2.12 bits per heavy atom. The molecule has 3 heteroatoms. The number of benzene rings is 1. The maximum Gasteiger partial charge on any atom is 0.0670 e. The van der Waals surface area contributed by atoms with Crippen molar-refractivity contribution in [1.29, 1.82) is 0 Å². The molecule has 0 aliphatic carbocycles. The molecule has 1 heterocycles. The number of nitrogens with zero attached hydrogens (tertiary/aromatic N) is 1. The largest absolute Gasteiger partial charge is 0.379 e. The number of rotatable bonds is 4. The van der Waals surface area contributed by atoms with E-state index in [1.54, 1.807) is 0 Å². The van der Waals surface area contributed by atoms with Crippen LogP contribution in [-0.4, -0.2) is 32.3 Å². The van der Waals surface area contributed by atoms with Crippen LogP contribution in [0.3, 0.4) is 0 Å². The first-order chi connectivity index (χ1) is 7.81. The molecule has 1 saturated heterocycles. The zero-order valence-corrected chi connectivity index (χ0v) is 9.86. The molecule has 2 N–H and O–H groups in total. The molecule has 1 aromatic carbocycles. The van der Waals surface area contributed by atoms with E-state index in [0.29, 0.717) is 12.6 Å². The summed E-state index contributed by atoms with van der Waals surface area (Å²) >= 11 is 0. The predicted octanol–water partition coefficient (Wildman–Crippen LogP) is 1.55. The first kappa shape index (κ1) is 11.4. The molecule has 0 amide bonds. The van der Waals surface area contributed by atoms with Crippen LogP contribution in [0.25, 0.3) is 0 Å². The van der Waals surface area contributed by atoms with Crippen LogP contribution in [0, 0.1) is 6.92 Å². The fourth-order valence-electron chi connectivity index (χ4n) is 2.17. The van der Waals surface area contributed by atoms with Crippen LogP contribution in [0.2, 0.25) is 0 Å². The third-order valence-corrected chi connectivity index (χ3v) is 3.08. The minimum atomic E-state index is 0.492. The Kier molecular flexibility index (Phi) is 3.80. The van der Waals surface area contributed by atoms with E-state index in [9.17, 15) is 0 Å². The average Bonchev–Trinajstić information content (AvgIpc) is 2.81. The van der Waals surface area contributed by atoms with Gasteiger partial charge in [0.15, 0.2) is 0 Å². The first-order valence-electron chi connectivity index (χ1n) is 5.92. The Hall–Kier alpha value is -1.06. The molecule has 1 fully saturated rings. The van der Waals surface area contributed by atoms with Gasteiger partial charge in [-0.05, 0) is 25.5 Å². The van der Waals surface area contributed by atoms with E-state index in [4.69, 9.17) is 10.5 Å². The lowest BCUT2D eigenvalue weighted by Crippen LogP contribution is -2.39. The summed E-state index contributed by atoms with van der Waals surface area (Å²) in [7, 11) is 0. The number of hydrogen-bond acceptors (Lipinski definition) is 3. The highest BCUT2D eigenvalue weighted by atomic mass is 16.5. The van der Waals surface area contributed by atoms with Gasteiger partial charge in [0, 0.05) is 25.4 Å². The van der Waals surface area contributed by atoms with E-state index in [1.807, 2.05) is 0 Å². The van der Waals surface area contributed by atoms with Gasteiger partial charge in [-0.1, -0.05) is 17.7 Å². The number of aryl methyl sites for hydroxylation is 1. The third-order valence-electron chi connectivity index (χ3n) is 3.08. The Morgan fingerprint density at radius 1 is 1.38 bits per heavy atom. The monoisotopic (exact) mass is 220 g/mol. The number of ether oxygens (including phenoxy) is 1. The third kappa shape index (κ3) is 2.54. The van der Waals surface area contributed by atoms with Gasteiger partial charge in [-0.3, -0.25) is 0 Å². The summed E-state index contributed by atoms with van der Waals surface area (Å²) in [6.45, 7) is 5.39. The summed E-state index contributed by atoms with van der Waals surface area (Å²) in [4.78, 5) is 2.37. The second-order valence-corrected chi connectivity index (χ2v) is 4.34. The van der Waals surface area contributed by atoms with Crippen LogP contribution in [0.5, 0.6) is 0 Å². The van der Waals surface area contributed by atoms with Crippen molar-refractivity contribution in [3.05, 3.63) is 29.8 Å². The zero-order chi connectivity index (χ0) is 11.4. The fourth-order valence-corrected chi connectivity index (χ4v) is 2.17. The van der Waals surface area contributed by atoms with Crippen LogP contribution in [-0.2, 0) is 4.74 Å². The molecule has 3 nitrogen and oxygen atoms in total. The molecule has 1 aliphatic heterocycles. The number of hydrogen-bond donors (Lipinski definition) is 1. The Labute approximate surface area is 97.2 Å². The lowest BCUT2D eigenvalue weighted by Gasteiger charge is -2.29. The molecular weight excluding hydrogens is 200 g/mol. The second-order valence-electron chi connectivity index (χ2n) is 4.34. The van der Waals surface area contributed by atoms with Gasteiger partial charge in [0.25, 0.3) is 0 Å². The van der Waals surface area contributed by atoms with Crippen LogP contribution < -0.4 is 10.6 Å². The summed E-state index contributed by atoms with van der Waals surface area (Å²) in [5.41, 5.74) is 8.23.